The van der Waals surface area contributed by atoms with Crippen LogP contribution >= 0.6 is 11.6 Å². The van der Waals surface area contributed by atoms with Gasteiger partial charge in [0.15, 0.2) is 0 Å². The van der Waals surface area contributed by atoms with E-state index in [9.17, 15) is 18.4 Å². The van der Waals surface area contributed by atoms with Gasteiger partial charge in [-0.2, -0.15) is 0 Å². The number of benzene rings is 2. The van der Waals surface area contributed by atoms with E-state index in [4.69, 9.17) is 16.3 Å². The summed E-state index contributed by atoms with van der Waals surface area (Å²) in [6.07, 6.45) is 3.95. The second-order valence-corrected chi connectivity index (χ2v) is 9.00. The minimum atomic E-state index is -0.587. The highest BCUT2D eigenvalue weighted by Gasteiger charge is 2.32. The third-order valence-corrected chi connectivity index (χ3v) is 6.58. The zero-order chi connectivity index (χ0) is 22.8. The number of amides is 2. The minimum Gasteiger partial charge on any atom is -0.446 e. The quantitative estimate of drug-likeness (QED) is 0.571. The molecule has 2 amide bonds. The van der Waals surface area contributed by atoms with Crippen LogP contribution in [0.1, 0.15) is 66.6 Å². The normalized spacial score (nSPS) is 22.2. The molecule has 5 nitrogen and oxygen atoms in total. The predicted octanol–water partition coefficient (Wildman–Crippen LogP) is 6.16. The van der Waals surface area contributed by atoms with Crippen LogP contribution in [-0.2, 0) is 11.2 Å². The Morgan fingerprint density at radius 1 is 1.03 bits per heavy atom. The van der Waals surface area contributed by atoms with Crippen molar-refractivity contribution >= 4 is 29.3 Å². The molecule has 8 heteroatoms. The van der Waals surface area contributed by atoms with Crippen LogP contribution in [0.3, 0.4) is 0 Å². The summed E-state index contributed by atoms with van der Waals surface area (Å²) in [5, 5.41) is 5.33. The molecule has 2 aliphatic carbocycles. The number of carbonyl (C=O) groups is 2. The van der Waals surface area contributed by atoms with Gasteiger partial charge in [0.25, 0.3) is 5.91 Å². The number of nitrogens with one attached hydrogen (secondary N) is 2. The molecule has 0 aromatic heterocycles. The predicted molar refractivity (Wildman–Crippen MR) is 118 cm³/mol. The van der Waals surface area contributed by atoms with Gasteiger partial charge >= 0.3 is 6.09 Å². The molecule has 0 heterocycles. The van der Waals surface area contributed by atoms with Crippen molar-refractivity contribution in [3.63, 3.8) is 0 Å². The van der Waals surface area contributed by atoms with Gasteiger partial charge in [0.1, 0.15) is 17.7 Å². The molecule has 0 aliphatic heterocycles. The van der Waals surface area contributed by atoms with Crippen molar-refractivity contribution in [2.45, 2.75) is 57.6 Å². The van der Waals surface area contributed by atoms with E-state index in [-0.39, 0.29) is 11.1 Å². The van der Waals surface area contributed by atoms with E-state index in [1.807, 2.05) is 0 Å². The Morgan fingerprint density at radius 3 is 2.47 bits per heavy atom. The van der Waals surface area contributed by atoms with Crippen LogP contribution in [0.25, 0.3) is 0 Å². The summed E-state index contributed by atoms with van der Waals surface area (Å²) in [4.78, 5) is 25.2. The standard InChI is InChI=1S/C24H25ClF2N2O3/c1-13-2-5-15(6-3-13)32-24(31)29-21-11-8-16-17(7-10-20(27)22(16)21)23(30)28-14-4-9-19(26)18(25)12-14/h4,7,9-10,12-13,15,21H,2-3,5-6,8,11H2,1H3,(H,28,30)(H,29,31)/t13?,15?,21-/m0/s1. The van der Waals surface area contributed by atoms with Crippen molar-refractivity contribution in [1.82, 2.24) is 5.32 Å². The van der Waals surface area contributed by atoms with E-state index in [2.05, 4.69) is 17.6 Å². The average molecular weight is 463 g/mol. The lowest BCUT2D eigenvalue weighted by Crippen LogP contribution is -2.33. The Labute approximate surface area is 190 Å². The zero-order valence-corrected chi connectivity index (χ0v) is 18.5. The summed E-state index contributed by atoms with van der Waals surface area (Å²) in [6.45, 7) is 2.19. The number of rotatable bonds is 4. The third kappa shape index (κ3) is 4.88. The Kier molecular flexibility index (Phi) is 6.65. The van der Waals surface area contributed by atoms with Gasteiger partial charge < -0.3 is 15.4 Å². The molecule has 32 heavy (non-hydrogen) atoms. The minimum absolute atomic E-state index is 0.109. The fourth-order valence-corrected chi connectivity index (χ4v) is 4.70. The molecule has 170 valence electrons. The molecule has 0 bridgehead atoms. The highest BCUT2D eigenvalue weighted by Crippen LogP contribution is 2.36. The molecule has 2 aromatic carbocycles. The second kappa shape index (κ2) is 9.45. The average Bonchev–Trinajstić information content (AvgIpc) is 3.17. The molecule has 1 saturated carbocycles. The fraction of sp³-hybridized carbons (Fsp3) is 0.417. The number of ether oxygens (including phenoxy) is 1. The highest BCUT2D eigenvalue weighted by atomic mass is 35.5. The summed E-state index contributed by atoms with van der Waals surface area (Å²) in [5.74, 6) is -0.876. The molecule has 0 spiro atoms. The molecule has 4 rings (SSSR count). The molecular weight excluding hydrogens is 438 g/mol. The van der Waals surface area contributed by atoms with Crippen molar-refractivity contribution in [3.05, 3.63) is 63.7 Å². The topological polar surface area (TPSA) is 67.4 Å². The van der Waals surface area contributed by atoms with Crippen LogP contribution in [0, 0.1) is 17.6 Å². The zero-order valence-electron chi connectivity index (χ0n) is 17.7. The van der Waals surface area contributed by atoms with Crippen LogP contribution in [0.5, 0.6) is 0 Å². The van der Waals surface area contributed by atoms with Crippen LogP contribution in [0.2, 0.25) is 5.02 Å². The first-order valence-corrected chi connectivity index (χ1v) is 11.2. The molecule has 1 atom stereocenters. The van der Waals surface area contributed by atoms with Crippen molar-refractivity contribution in [2.24, 2.45) is 5.92 Å². The smallest absolute Gasteiger partial charge is 0.407 e. The van der Waals surface area contributed by atoms with Crippen LogP contribution < -0.4 is 10.6 Å². The van der Waals surface area contributed by atoms with E-state index in [0.29, 0.717) is 41.1 Å². The van der Waals surface area contributed by atoms with E-state index >= 15 is 0 Å². The summed E-state index contributed by atoms with van der Waals surface area (Å²) >= 11 is 5.77. The van der Waals surface area contributed by atoms with Gasteiger partial charge in [0.2, 0.25) is 0 Å². The lowest BCUT2D eigenvalue weighted by molar-refractivity contribution is 0.0640. The Balaban J connectivity index is 1.46. The van der Waals surface area contributed by atoms with Crippen molar-refractivity contribution < 1.29 is 23.1 Å². The number of anilines is 1. The number of hydrogen-bond donors (Lipinski definition) is 2. The van der Waals surface area contributed by atoms with E-state index < -0.39 is 29.7 Å². The second-order valence-electron chi connectivity index (χ2n) is 8.59. The Morgan fingerprint density at radius 2 is 1.75 bits per heavy atom. The van der Waals surface area contributed by atoms with Gasteiger partial charge in [0.05, 0.1) is 11.1 Å². The van der Waals surface area contributed by atoms with Gasteiger partial charge in [-0.25, -0.2) is 13.6 Å². The number of hydrogen-bond acceptors (Lipinski definition) is 3. The molecule has 0 saturated heterocycles. The van der Waals surface area contributed by atoms with Crippen molar-refractivity contribution in [1.29, 1.82) is 0 Å². The van der Waals surface area contributed by atoms with Gasteiger partial charge in [-0.1, -0.05) is 18.5 Å². The van der Waals surface area contributed by atoms with Crippen LogP contribution in [0.4, 0.5) is 19.3 Å². The summed E-state index contributed by atoms with van der Waals surface area (Å²) < 4.78 is 33.6. The Hall–Kier alpha value is -2.67. The van der Waals surface area contributed by atoms with Crippen LogP contribution in [0.15, 0.2) is 30.3 Å². The molecule has 0 unspecified atom stereocenters. The summed E-state index contributed by atoms with van der Waals surface area (Å²) in [7, 11) is 0. The first kappa shape index (κ1) is 22.5. The Bertz CT molecular complexity index is 1040. The summed E-state index contributed by atoms with van der Waals surface area (Å²) in [5.41, 5.74) is 1.50. The lowest BCUT2D eigenvalue weighted by atomic mass is 9.89. The number of fused-ring (bicyclic) bond motifs is 1. The van der Waals surface area contributed by atoms with Gasteiger partial charge in [-0.3, -0.25) is 4.79 Å². The summed E-state index contributed by atoms with van der Waals surface area (Å²) in [6, 6.07) is 5.94. The maximum atomic E-state index is 14.7. The third-order valence-electron chi connectivity index (χ3n) is 6.29. The number of carbonyl (C=O) groups excluding carboxylic acids is 2. The highest BCUT2D eigenvalue weighted by molar-refractivity contribution is 6.31. The molecule has 2 aliphatic rings. The van der Waals surface area contributed by atoms with E-state index in [0.717, 1.165) is 31.7 Å². The monoisotopic (exact) mass is 462 g/mol. The number of alkyl carbamates (subject to hydrolysis) is 1. The molecular formula is C24H25ClF2N2O3. The lowest BCUT2D eigenvalue weighted by Gasteiger charge is -2.26. The molecule has 1 fully saturated rings. The van der Waals surface area contributed by atoms with Crippen molar-refractivity contribution in [2.75, 3.05) is 5.32 Å². The first-order chi connectivity index (χ1) is 15.3. The van der Waals surface area contributed by atoms with E-state index in [1.165, 1.54) is 24.3 Å². The first-order valence-electron chi connectivity index (χ1n) is 10.9. The van der Waals surface area contributed by atoms with Crippen molar-refractivity contribution in [3.8, 4) is 0 Å². The molecule has 0 radical (unpaired) electrons. The molecule has 2 aromatic rings. The fourth-order valence-electron chi connectivity index (χ4n) is 4.52. The maximum Gasteiger partial charge on any atom is 0.407 e. The SMILES string of the molecule is CC1CCC(OC(=O)N[C@H]2CCc3c(C(=O)Nc4ccc(F)c(Cl)c4)ccc(F)c32)CC1. The van der Waals surface area contributed by atoms with Gasteiger partial charge in [-0.05, 0) is 80.3 Å². The van der Waals surface area contributed by atoms with E-state index in [1.54, 1.807) is 0 Å². The maximum absolute atomic E-state index is 14.7. The van der Waals surface area contributed by atoms with Crippen LogP contribution in [-0.4, -0.2) is 18.1 Å². The molecule has 2 N–H and O–H groups in total. The largest absolute Gasteiger partial charge is 0.446 e. The van der Waals surface area contributed by atoms with Gasteiger partial charge in [0, 0.05) is 16.8 Å². The van der Waals surface area contributed by atoms with Gasteiger partial charge in [-0.15, -0.1) is 0 Å². The number of halogens is 3.